The van der Waals surface area contributed by atoms with Gasteiger partial charge in [0, 0.05) is 48.5 Å². The number of benzene rings is 3. The van der Waals surface area contributed by atoms with Gasteiger partial charge in [-0.15, -0.1) is 0 Å². The van der Waals surface area contributed by atoms with Crippen molar-refractivity contribution >= 4 is 38.7 Å². The molecule has 1 saturated heterocycles. The predicted molar refractivity (Wildman–Crippen MR) is 125 cm³/mol. The summed E-state index contributed by atoms with van der Waals surface area (Å²) >= 11 is 5.88. The molecule has 0 N–H and O–H groups in total. The largest absolute Gasteiger partial charge is 0.368 e. The van der Waals surface area contributed by atoms with Gasteiger partial charge in [0.05, 0.1) is 9.82 Å². The molecule has 0 spiro atoms. The Bertz CT molecular complexity index is 1360. The zero-order chi connectivity index (χ0) is 24.5. The number of nitro benzene ring substituents is 1. The molecule has 176 valence electrons. The van der Waals surface area contributed by atoms with Gasteiger partial charge in [-0.1, -0.05) is 17.7 Å². The van der Waals surface area contributed by atoms with Crippen molar-refractivity contribution in [3.63, 3.8) is 0 Å². The number of amides is 1. The van der Waals surface area contributed by atoms with Crippen LogP contribution in [0.4, 0.5) is 15.8 Å². The second-order valence-corrected chi connectivity index (χ2v) is 10.0. The van der Waals surface area contributed by atoms with E-state index in [4.69, 9.17) is 11.6 Å². The van der Waals surface area contributed by atoms with Gasteiger partial charge in [-0.05, 0) is 54.6 Å². The van der Waals surface area contributed by atoms with Crippen LogP contribution in [0.5, 0.6) is 0 Å². The maximum absolute atomic E-state index is 13.2. The lowest BCUT2D eigenvalue weighted by atomic mass is 10.1. The minimum Gasteiger partial charge on any atom is -0.368 e. The molecule has 1 fully saturated rings. The lowest BCUT2D eigenvalue weighted by Crippen LogP contribution is -2.48. The Morgan fingerprint density at radius 1 is 0.971 bits per heavy atom. The second-order valence-electron chi connectivity index (χ2n) is 7.66. The lowest BCUT2D eigenvalue weighted by Gasteiger charge is -2.36. The van der Waals surface area contributed by atoms with E-state index in [9.17, 15) is 27.7 Å². The third-order valence-corrected chi connectivity index (χ3v) is 7.59. The average molecular weight is 504 g/mol. The normalized spacial score (nSPS) is 14.2. The molecule has 1 heterocycles. The van der Waals surface area contributed by atoms with Crippen molar-refractivity contribution in [1.29, 1.82) is 0 Å². The molecule has 1 aliphatic heterocycles. The van der Waals surface area contributed by atoms with Crippen molar-refractivity contribution in [1.82, 2.24) is 4.90 Å². The third-order valence-electron chi connectivity index (χ3n) is 5.56. The number of piperazine rings is 1. The standard InChI is InChI=1S/C23H19ClFN3O5S/c24-17-2-1-3-20(15-17)34(32,33)22-9-4-16(14-21(22)28(30)31)23(29)27-12-10-26(11-13-27)19-7-5-18(25)6-8-19/h1-9,14-15H,10-13H2. The summed E-state index contributed by atoms with van der Waals surface area (Å²) in [6.07, 6.45) is 0. The fraction of sp³-hybridized carbons (Fsp3) is 0.174. The highest BCUT2D eigenvalue weighted by Gasteiger charge is 2.30. The third kappa shape index (κ3) is 4.73. The molecule has 11 heteroatoms. The smallest absolute Gasteiger partial charge is 0.289 e. The average Bonchev–Trinajstić information content (AvgIpc) is 2.84. The quantitative estimate of drug-likeness (QED) is 0.382. The molecule has 4 rings (SSSR count). The molecule has 8 nitrogen and oxygen atoms in total. The first kappa shape index (κ1) is 23.7. The van der Waals surface area contributed by atoms with Gasteiger partial charge in [0.2, 0.25) is 9.84 Å². The van der Waals surface area contributed by atoms with Crippen LogP contribution < -0.4 is 4.90 Å². The van der Waals surface area contributed by atoms with Gasteiger partial charge in [-0.2, -0.15) is 0 Å². The molecular weight excluding hydrogens is 485 g/mol. The van der Waals surface area contributed by atoms with E-state index < -0.39 is 31.3 Å². The number of carbonyl (C=O) groups is 1. The van der Waals surface area contributed by atoms with E-state index in [1.54, 1.807) is 17.0 Å². The molecule has 3 aromatic rings. The molecule has 0 saturated carbocycles. The van der Waals surface area contributed by atoms with Gasteiger partial charge < -0.3 is 9.80 Å². The molecule has 1 amide bonds. The predicted octanol–water partition coefficient (Wildman–Crippen LogP) is 4.18. The highest BCUT2D eigenvalue weighted by molar-refractivity contribution is 7.91. The van der Waals surface area contributed by atoms with Crippen LogP contribution in [0.1, 0.15) is 10.4 Å². The van der Waals surface area contributed by atoms with E-state index in [0.29, 0.717) is 26.2 Å². The zero-order valence-electron chi connectivity index (χ0n) is 17.7. The van der Waals surface area contributed by atoms with Crippen LogP contribution in [0, 0.1) is 15.9 Å². The number of halogens is 2. The number of sulfone groups is 1. The Morgan fingerprint density at radius 3 is 2.26 bits per heavy atom. The van der Waals surface area contributed by atoms with Crippen LogP contribution in [0.25, 0.3) is 0 Å². The van der Waals surface area contributed by atoms with Crippen LogP contribution >= 0.6 is 11.6 Å². The molecular formula is C23H19ClFN3O5S. The Balaban J connectivity index is 1.56. The number of carbonyl (C=O) groups excluding carboxylic acids is 1. The van der Waals surface area contributed by atoms with Crippen LogP contribution in [0.2, 0.25) is 5.02 Å². The van der Waals surface area contributed by atoms with E-state index >= 15 is 0 Å². The monoisotopic (exact) mass is 503 g/mol. The number of nitro groups is 1. The summed E-state index contributed by atoms with van der Waals surface area (Å²) in [6.45, 7) is 1.71. The van der Waals surface area contributed by atoms with Gasteiger partial charge in [0.15, 0.2) is 0 Å². The van der Waals surface area contributed by atoms with Crippen LogP contribution in [0.3, 0.4) is 0 Å². The summed E-state index contributed by atoms with van der Waals surface area (Å²) in [7, 11) is -4.23. The highest BCUT2D eigenvalue weighted by atomic mass is 35.5. The molecule has 0 aromatic heterocycles. The van der Waals surface area contributed by atoms with Crippen molar-refractivity contribution in [3.05, 3.63) is 93.2 Å². The van der Waals surface area contributed by atoms with E-state index in [0.717, 1.165) is 17.8 Å². The highest BCUT2D eigenvalue weighted by Crippen LogP contribution is 2.31. The van der Waals surface area contributed by atoms with E-state index in [2.05, 4.69) is 0 Å². The minimum atomic E-state index is -4.23. The Labute approximate surface area is 200 Å². The van der Waals surface area contributed by atoms with E-state index in [1.165, 1.54) is 42.5 Å². The molecule has 0 radical (unpaired) electrons. The maximum atomic E-state index is 13.2. The van der Waals surface area contributed by atoms with Crippen molar-refractivity contribution < 1.29 is 22.5 Å². The molecule has 0 bridgehead atoms. The summed E-state index contributed by atoms with van der Waals surface area (Å²) in [4.78, 5) is 26.7. The SMILES string of the molecule is O=C(c1ccc(S(=O)(=O)c2cccc(Cl)c2)c([N+](=O)[O-])c1)N1CCN(c2ccc(F)cc2)CC1. The zero-order valence-corrected chi connectivity index (χ0v) is 19.3. The summed E-state index contributed by atoms with van der Waals surface area (Å²) in [5.41, 5.74) is 0.169. The Hall–Kier alpha value is -3.50. The number of anilines is 1. The molecule has 0 unspecified atom stereocenters. The molecule has 34 heavy (non-hydrogen) atoms. The topological polar surface area (TPSA) is 101 Å². The van der Waals surface area contributed by atoms with Gasteiger partial charge in [-0.3, -0.25) is 14.9 Å². The number of hydrogen-bond donors (Lipinski definition) is 0. The second kappa shape index (κ2) is 9.40. The number of nitrogens with zero attached hydrogens (tertiary/aromatic N) is 3. The van der Waals surface area contributed by atoms with E-state index in [-0.39, 0.29) is 21.3 Å². The lowest BCUT2D eigenvalue weighted by molar-refractivity contribution is -0.387. The Kier molecular flexibility index (Phi) is 6.54. The first-order valence-corrected chi connectivity index (χ1v) is 12.1. The van der Waals surface area contributed by atoms with Crippen LogP contribution in [0.15, 0.2) is 76.5 Å². The van der Waals surface area contributed by atoms with Crippen LogP contribution in [-0.2, 0) is 9.84 Å². The molecule has 1 aliphatic rings. The minimum absolute atomic E-state index is 0.0203. The summed E-state index contributed by atoms with van der Waals surface area (Å²) in [6, 6.07) is 14.8. The summed E-state index contributed by atoms with van der Waals surface area (Å²) in [5, 5.41) is 11.9. The van der Waals surface area contributed by atoms with Gasteiger partial charge in [0.25, 0.3) is 11.6 Å². The first-order valence-electron chi connectivity index (χ1n) is 10.3. The van der Waals surface area contributed by atoms with Crippen LogP contribution in [-0.4, -0.2) is 50.3 Å². The fourth-order valence-corrected chi connectivity index (χ4v) is 5.49. The molecule has 3 aromatic carbocycles. The van der Waals surface area contributed by atoms with Crippen molar-refractivity contribution in [3.8, 4) is 0 Å². The molecule has 0 aliphatic carbocycles. The number of rotatable bonds is 5. The Morgan fingerprint density at radius 2 is 1.65 bits per heavy atom. The van der Waals surface area contributed by atoms with Crippen molar-refractivity contribution in [2.45, 2.75) is 9.79 Å². The van der Waals surface area contributed by atoms with Crippen molar-refractivity contribution in [2.24, 2.45) is 0 Å². The summed E-state index contributed by atoms with van der Waals surface area (Å²) in [5.74, 6) is -0.770. The van der Waals surface area contributed by atoms with Crippen molar-refractivity contribution in [2.75, 3.05) is 31.1 Å². The first-order chi connectivity index (χ1) is 16.2. The molecule has 0 atom stereocenters. The van der Waals surface area contributed by atoms with E-state index in [1.807, 2.05) is 4.90 Å². The van der Waals surface area contributed by atoms with Gasteiger partial charge >= 0.3 is 0 Å². The fourth-order valence-electron chi connectivity index (χ4n) is 3.78. The number of hydrogen-bond acceptors (Lipinski definition) is 6. The van der Waals surface area contributed by atoms with Gasteiger partial charge in [-0.25, -0.2) is 12.8 Å². The maximum Gasteiger partial charge on any atom is 0.289 e. The summed E-state index contributed by atoms with van der Waals surface area (Å²) < 4.78 is 39.1. The van der Waals surface area contributed by atoms with Gasteiger partial charge in [0.1, 0.15) is 10.7 Å².